The molecule has 0 aliphatic carbocycles. The minimum Gasteiger partial charge on any atom is -0.492 e. The molecule has 134 valence electrons. The Labute approximate surface area is 153 Å². The molecule has 6 nitrogen and oxygen atoms in total. The van der Waals surface area contributed by atoms with E-state index in [0.29, 0.717) is 23.9 Å². The Hall–Kier alpha value is -3.28. The van der Waals surface area contributed by atoms with Gasteiger partial charge in [-0.05, 0) is 38.1 Å². The van der Waals surface area contributed by atoms with Crippen molar-refractivity contribution in [1.82, 2.24) is 9.97 Å². The average Bonchev–Trinajstić information content (AvgIpc) is 2.68. The quantitative estimate of drug-likeness (QED) is 0.660. The first-order valence-corrected chi connectivity index (χ1v) is 8.66. The number of nitrogens with two attached hydrogens (primary N) is 1. The van der Waals surface area contributed by atoms with Crippen LogP contribution in [0.1, 0.15) is 13.8 Å². The Morgan fingerprint density at radius 2 is 1.73 bits per heavy atom. The summed E-state index contributed by atoms with van der Waals surface area (Å²) in [5.74, 6) is 1.98. The number of para-hydroxylation sites is 3. The molecule has 0 saturated heterocycles. The third kappa shape index (κ3) is 3.69. The third-order valence-corrected chi connectivity index (χ3v) is 3.94. The number of hydrogen-bond acceptors (Lipinski definition) is 6. The van der Waals surface area contributed by atoms with Crippen LogP contribution in [0.5, 0.6) is 5.75 Å². The molecular formula is C20H23N5O. The maximum atomic E-state index is 6.40. The van der Waals surface area contributed by atoms with E-state index < -0.39 is 0 Å². The summed E-state index contributed by atoms with van der Waals surface area (Å²) in [6.07, 6.45) is 1.52. The number of anilines is 5. The van der Waals surface area contributed by atoms with Gasteiger partial charge in [0, 0.05) is 12.2 Å². The van der Waals surface area contributed by atoms with Gasteiger partial charge in [0.05, 0.1) is 12.3 Å². The molecule has 0 atom stereocenters. The first-order chi connectivity index (χ1) is 12.7. The highest BCUT2D eigenvalue weighted by molar-refractivity contribution is 5.82. The third-order valence-electron chi connectivity index (χ3n) is 3.94. The Balaban J connectivity index is 1.95. The van der Waals surface area contributed by atoms with Gasteiger partial charge in [0.15, 0.2) is 11.6 Å². The molecule has 26 heavy (non-hydrogen) atoms. The highest BCUT2D eigenvalue weighted by atomic mass is 16.5. The molecule has 2 aromatic carbocycles. The predicted octanol–water partition coefficient (Wildman–Crippen LogP) is 4.36. The van der Waals surface area contributed by atoms with Crippen LogP contribution in [0, 0.1) is 0 Å². The van der Waals surface area contributed by atoms with Crippen LogP contribution >= 0.6 is 0 Å². The lowest BCUT2D eigenvalue weighted by molar-refractivity contribution is 0.342. The smallest absolute Gasteiger partial charge is 0.161 e. The second-order valence-electron chi connectivity index (χ2n) is 5.59. The average molecular weight is 349 g/mol. The summed E-state index contributed by atoms with van der Waals surface area (Å²) in [4.78, 5) is 10.8. The number of benzene rings is 2. The molecule has 0 aliphatic heterocycles. The molecule has 0 spiro atoms. The lowest BCUT2D eigenvalue weighted by Crippen LogP contribution is -2.19. The number of ether oxygens (including phenoxy) is 1. The molecule has 0 fully saturated rings. The van der Waals surface area contributed by atoms with Gasteiger partial charge in [-0.1, -0.05) is 30.3 Å². The van der Waals surface area contributed by atoms with Crippen LogP contribution in [0.2, 0.25) is 0 Å². The molecule has 3 aromatic rings. The number of nitrogen functional groups attached to an aromatic ring is 1. The summed E-state index contributed by atoms with van der Waals surface area (Å²) < 4.78 is 5.66. The number of aromatic nitrogens is 2. The van der Waals surface area contributed by atoms with Gasteiger partial charge in [0.1, 0.15) is 17.8 Å². The van der Waals surface area contributed by atoms with Crippen LogP contribution < -0.4 is 20.7 Å². The minimum atomic E-state index is 0.490. The molecule has 3 rings (SSSR count). The zero-order chi connectivity index (χ0) is 18.4. The first kappa shape index (κ1) is 17.5. The Morgan fingerprint density at radius 3 is 2.46 bits per heavy atom. The van der Waals surface area contributed by atoms with Crippen molar-refractivity contribution in [2.75, 3.05) is 29.1 Å². The van der Waals surface area contributed by atoms with E-state index in [1.165, 1.54) is 6.33 Å². The second kappa shape index (κ2) is 8.20. The first-order valence-electron chi connectivity index (χ1n) is 8.66. The van der Waals surface area contributed by atoms with Gasteiger partial charge in [-0.3, -0.25) is 0 Å². The van der Waals surface area contributed by atoms with Gasteiger partial charge >= 0.3 is 0 Å². The Kier molecular flexibility index (Phi) is 5.53. The van der Waals surface area contributed by atoms with E-state index in [1.807, 2.05) is 61.5 Å². The molecule has 0 bridgehead atoms. The van der Waals surface area contributed by atoms with Crippen LogP contribution in [-0.2, 0) is 0 Å². The van der Waals surface area contributed by atoms with Gasteiger partial charge in [0.25, 0.3) is 0 Å². The van der Waals surface area contributed by atoms with Crippen molar-refractivity contribution in [1.29, 1.82) is 0 Å². The fourth-order valence-electron chi connectivity index (χ4n) is 2.74. The van der Waals surface area contributed by atoms with Crippen molar-refractivity contribution in [3.05, 3.63) is 60.9 Å². The maximum absolute atomic E-state index is 6.40. The standard InChI is InChI=1S/C20H23N5O/c1-3-25(15-10-6-5-7-11-15)20-18(21)19(22-14-23-20)24-16-12-8-9-13-17(16)26-4-2/h5-14H,3-4,21H2,1-2H3,(H,22,23,24). The van der Waals surface area contributed by atoms with Gasteiger partial charge in [-0.25, -0.2) is 9.97 Å². The van der Waals surface area contributed by atoms with Crippen LogP contribution in [0.4, 0.5) is 28.7 Å². The van der Waals surface area contributed by atoms with E-state index in [9.17, 15) is 0 Å². The van der Waals surface area contributed by atoms with Crippen molar-refractivity contribution in [2.45, 2.75) is 13.8 Å². The van der Waals surface area contributed by atoms with E-state index in [-0.39, 0.29) is 0 Å². The van der Waals surface area contributed by atoms with Gasteiger partial charge in [-0.15, -0.1) is 0 Å². The van der Waals surface area contributed by atoms with E-state index in [1.54, 1.807) is 0 Å². The fraction of sp³-hybridized carbons (Fsp3) is 0.200. The lowest BCUT2D eigenvalue weighted by Gasteiger charge is -2.24. The molecule has 3 N–H and O–H groups in total. The van der Waals surface area contributed by atoms with E-state index in [2.05, 4.69) is 27.1 Å². The monoisotopic (exact) mass is 349 g/mol. The maximum Gasteiger partial charge on any atom is 0.161 e. The molecule has 0 unspecified atom stereocenters. The van der Waals surface area contributed by atoms with Crippen LogP contribution in [0.15, 0.2) is 60.9 Å². The molecule has 1 heterocycles. The van der Waals surface area contributed by atoms with Crippen LogP contribution in [0.25, 0.3) is 0 Å². The van der Waals surface area contributed by atoms with E-state index >= 15 is 0 Å². The number of nitrogens with one attached hydrogen (secondary N) is 1. The molecule has 0 saturated carbocycles. The fourth-order valence-corrected chi connectivity index (χ4v) is 2.74. The number of rotatable bonds is 7. The Bertz CT molecular complexity index is 854. The largest absolute Gasteiger partial charge is 0.492 e. The second-order valence-corrected chi connectivity index (χ2v) is 5.59. The summed E-state index contributed by atoms with van der Waals surface area (Å²) in [5.41, 5.74) is 8.73. The lowest BCUT2D eigenvalue weighted by atomic mass is 10.2. The molecule has 0 aliphatic rings. The van der Waals surface area contributed by atoms with Crippen molar-refractivity contribution < 1.29 is 4.74 Å². The highest BCUT2D eigenvalue weighted by Gasteiger charge is 2.16. The molecule has 1 aromatic heterocycles. The van der Waals surface area contributed by atoms with Gasteiger partial charge in [0.2, 0.25) is 0 Å². The number of hydrogen-bond donors (Lipinski definition) is 2. The molecule has 0 radical (unpaired) electrons. The molecule has 6 heteroatoms. The zero-order valence-electron chi connectivity index (χ0n) is 15.0. The van der Waals surface area contributed by atoms with Crippen molar-refractivity contribution in [3.8, 4) is 5.75 Å². The predicted molar refractivity (Wildman–Crippen MR) is 106 cm³/mol. The minimum absolute atomic E-state index is 0.490. The van der Waals surface area contributed by atoms with Crippen molar-refractivity contribution in [3.63, 3.8) is 0 Å². The SMILES string of the molecule is CCOc1ccccc1Nc1ncnc(N(CC)c2ccccc2)c1N. The van der Waals surface area contributed by atoms with Crippen LogP contribution in [-0.4, -0.2) is 23.1 Å². The van der Waals surface area contributed by atoms with E-state index in [4.69, 9.17) is 10.5 Å². The topological polar surface area (TPSA) is 76.3 Å². The van der Waals surface area contributed by atoms with E-state index in [0.717, 1.165) is 23.7 Å². The summed E-state index contributed by atoms with van der Waals surface area (Å²) in [6, 6.07) is 17.7. The van der Waals surface area contributed by atoms with Gasteiger partial charge < -0.3 is 20.7 Å². The van der Waals surface area contributed by atoms with Crippen LogP contribution in [0.3, 0.4) is 0 Å². The summed E-state index contributed by atoms with van der Waals surface area (Å²) in [7, 11) is 0. The van der Waals surface area contributed by atoms with Gasteiger partial charge in [-0.2, -0.15) is 0 Å². The Morgan fingerprint density at radius 1 is 1.00 bits per heavy atom. The van der Waals surface area contributed by atoms with Crippen molar-refractivity contribution in [2.24, 2.45) is 0 Å². The van der Waals surface area contributed by atoms with Crippen molar-refractivity contribution >= 4 is 28.7 Å². The summed E-state index contributed by atoms with van der Waals surface area (Å²) in [5, 5.41) is 3.27. The zero-order valence-corrected chi connectivity index (χ0v) is 15.0. The number of nitrogens with zero attached hydrogens (tertiary/aromatic N) is 3. The highest BCUT2D eigenvalue weighted by Crippen LogP contribution is 2.34. The molecular weight excluding hydrogens is 326 g/mol. The normalized spacial score (nSPS) is 10.4. The molecule has 0 amide bonds. The summed E-state index contributed by atoms with van der Waals surface area (Å²) in [6.45, 7) is 5.33. The summed E-state index contributed by atoms with van der Waals surface area (Å²) >= 11 is 0.